The van der Waals surface area contributed by atoms with Crippen molar-refractivity contribution in [1.82, 2.24) is 10.2 Å². The maximum absolute atomic E-state index is 13.8. The SMILES string of the molecule is CC(C)(C)N(C(=O)O)C1(C(=O)NC2CCc3ccccc3N(Cc3cc(C(F)(F)F)cc(C(F)(F)F)c3)C2=O)CC1. The second-order valence-corrected chi connectivity index (χ2v) is 11.4. The molecule has 41 heavy (non-hydrogen) atoms. The monoisotopic (exact) mass is 585 g/mol. The highest BCUT2D eigenvalue weighted by molar-refractivity contribution is 6.02. The normalized spacial score (nSPS) is 18.8. The number of rotatable bonds is 5. The Morgan fingerprint density at radius 2 is 1.56 bits per heavy atom. The number of aryl methyl sites for hydroxylation is 1. The van der Waals surface area contributed by atoms with E-state index in [2.05, 4.69) is 5.32 Å². The Labute approximate surface area is 232 Å². The molecule has 3 amide bonds. The largest absolute Gasteiger partial charge is 0.465 e. The first-order valence-corrected chi connectivity index (χ1v) is 12.9. The summed E-state index contributed by atoms with van der Waals surface area (Å²) in [5.74, 6) is -1.42. The standard InChI is InChI=1S/C28H29F6N3O4/c1-25(2,3)37(24(40)41)26(10-11-26)23(39)35-20-9-8-17-6-4-5-7-21(17)36(22(20)38)15-16-12-18(27(29,30)31)14-19(13-16)28(32,33)34/h4-7,12-14,20H,8-11,15H2,1-3H3,(H,35,39)(H,40,41). The first-order valence-electron chi connectivity index (χ1n) is 12.9. The lowest BCUT2D eigenvalue weighted by atomic mass is 10.0. The minimum Gasteiger partial charge on any atom is -0.465 e. The average molecular weight is 586 g/mol. The van der Waals surface area contributed by atoms with E-state index < -0.39 is 70.6 Å². The van der Waals surface area contributed by atoms with E-state index >= 15 is 0 Å². The van der Waals surface area contributed by atoms with Gasteiger partial charge in [-0.25, -0.2) is 4.79 Å². The van der Waals surface area contributed by atoms with Crippen LogP contribution in [0.3, 0.4) is 0 Å². The lowest BCUT2D eigenvalue weighted by molar-refractivity contribution is -0.143. The van der Waals surface area contributed by atoms with Crippen LogP contribution in [-0.2, 0) is 34.9 Å². The number of hydrogen-bond donors (Lipinski definition) is 2. The van der Waals surface area contributed by atoms with Gasteiger partial charge in [0.05, 0.1) is 17.7 Å². The maximum Gasteiger partial charge on any atom is 0.416 e. The molecule has 7 nitrogen and oxygen atoms in total. The molecular weight excluding hydrogens is 556 g/mol. The number of fused-ring (bicyclic) bond motifs is 1. The number of nitrogens with one attached hydrogen (secondary N) is 1. The fourth-order valence-electron chi connectivity index (χ4n) is 5.38. The maximum atomic E-state index is 13.8. The number of para-hydroxylation sites is 1. The third-order valence-electron chi connectivity index (χ3n) is 7.28. The fraction of sp³-hybridized carbons (Fsp3) is 0.464. The highest BCUT2D eigenvalue weighted by atomic mass is 19.4. The van der Waals surface area contributed by atoms with Gasteiger partial charge in [-0.2, -0.15) is 26.3 Å². The molecule has 4 rings (SSSR count). The first-order chi connectivity index (χ1) is 18.8. The van der Waals surface area contributed by atoms with Gasteiger partial charge < -0.3 is 15.3 Å². The van der Waals surface area contributed by atoms with Gasteiger partial charge >= 0.3 is 18.4 Å². The van der Waals surface area contributed by atoms with Crippen molar-refractivity contribution in [2.45, 2.75) is 82.5 Å². The van der Waals surface area contributed by atoms with E-state index in [-0.39, 0.29) is 31.7 Å². The Kier molecular flexibility index (Phi) is 7.55. The van der Waals surface area contributed by atoms with Gasteiger partial charge in [0, 0.05) is 11.2 Å². The summed E-state index contributed by atoms with van der Waals surface area (Å²) in [7, 11) is 0. The molecule has 0 aromatic heterocycles. The Bertz CT molecular complexity index is 1330. The summed E-state index contributed by atoms with van der Waals surface area (Å²) in [4.78, 5) is 41.4. The minimum absolute atomic E-state index is 0.0171. The molecule has 1 aliphatic heterocycles. The fourth-order valence-corrected chi connectivity index (χ4v) is 5.38. The van der Waals surface area contributed by atoms with Crippen molar-refractivity contribution in [3.8, 4) is 0 Å². The van der Waals surface area contributed by atoms with Crippen LogP contribution < -0.4 is 10.2 Å². The Hall–Kier alpha value is -3.77. The number of carbonyl (C=O) groups excluding carboxylic acids is 2. The molecule has 2 N–H and O–H groups in total. The van der Waals surface area contributed by atoms with Crippen molar-refractivity contribution in [3.63, 3.8) is 0 Å². The summed E-state index contributed by atoms with van der Waals surface area (Å²) in [6.45, 7) is 4.28. The van der Waals surface area contributed by atoms with Crippen LogP contribution in [-0.4, -0.2) is 45.0 Å². The molecule has 1 heterocycles. The van der Waals surface area contributed by atoms with E-state index in [1.807, 2.05) is 0 Å². The van der Waals surface area contributed by atoms with Crippen molar-refractivity contribution in [3.05, 3.63) is 64.7 Å². The van der Waals surface area contributed by atoms with Gasteiger partial charge in [-0.05, 0) is 81.8 Å². The second-order valence-electron chi connectivity index (χ2n) is 11.4. The molecule has 0 bridgehead atoms. The summed E-state index contributed by atoms with van der Waals surface area (Å²) in [6, 6.07) is 6.43. The summed E-state index contributed by atoms with van der Waals surface area (Å²) in [5, 5.41) is 12.5. The van der Waals surface area contributed by atoms with Crippen molar-refractivity contribution in [2.75, 3.05) is 4.90 Å². The molecule has 222 valence electrons. The first kappa shape index (κ1) is 30.2. The van der Waals surface area contributed by atoms with Gasteiger partial charge in [-0.1, -0.05) is 18.2 Å². The lowest BCUT2D eigenvalue weighted by Crippen LogP contribution is -2.61. The van der Waals surface area contributed by atoms with Crippen LogP contribution in [0.2, 0.25) is 0 Å². The zero-order valence-electron chi connectivity index (χ0n) is 22.5. The van der Waals surface area contributed by atoms with Crippen LogP contribution in [0.15, 0.2) is 42.5 Å². The highest BCUT2D eigenvalue weighted by Crippen LogP contribution is 2.46. The molecule has 1 unspecified atom stereocenters. The minimum atomic E-state index is -5.06. The topological polar surface area (TPSA) is 89.9 Å². The summed E-state index contributed by atoms with van der Waals surface area (Å²) in [5.41, 5.74) is -4.83. The van der Waals surface area contributed by atoms with Crippen molar-refractivity contribution < 1.29 is 45.8 Å². The number of alkyl halides is 6. The summed E-state index contributed by atoms with van der Waals surface area (Å²) in [6.07, 6.45) is -10.6. The molecule has 0 spiro atoms. The van der Waals surface area contributed by atoms with Crippen LogP contribution in [0.25, 0.3) is 0 Å². The predicted molar refractivity (Wildman–Crippen MR) is 136 cm³/mol. The van der Waals surface area contributed by atoms with Crippen LogP contribution in [0, 0.1) is 0 Å². The van der Waals surface area contributed by atoms with Gasteiger partial charge in [0.25, 0.3) is 0 Å². The van der Waals surface area contributed by atoms with Gasteiger partial charge in [0.2, 0.25) is 11.8 Å². The highest BCUT2D eigenvalue weighted by Gasteiger charge is 2.60. The number of nitrogens with zero attached hydrogens (tertiary/aromatic N) is 2. The Morgan fingerprint density at radius 3 is 2.05 bits per heavy atom. The number of benzene rings is 2. The van der Waals surface area contributed by atoms with E-state index in [1.165, 1.54) is 6.07 Å². The lowest BCUT2D eigenvalue weighted by Gasteiger charge is -2.39. The molecule has 1 aliphatic carbocycles. The smallest absolute Gasteiger partial charge is 0.416 e. The molecule has 13 heteroatoms. The number of carboxylic acid groups (broad SMARTS) is 1. The van der Waals surface area contributed by atoms with Gasteiger partial charge in [-0.3, -0.25) is 14.5 Å². The van der Waals surface area contributed by atoms with Crippen molar-refractivity contribution in [2.24, 2.45) is 0 Å². The Morgan fingerprint density at radius 1 is 1.00 bits per heavy atom. The molecule has 1 atom stereocenters. The number of amides is 3. The number of halogens is 6. The summed E-state index contributed by atoms with van der Waals surface area (Å²) >= 11 is 0. The second kappa shape index (κ2) is 10.3. The molecule has 2 aliphatic rings. The van der Waals surface area contributed by atoms with Crippen molar-refractivity contribution >= 4 is 23.6 Å². The number of anilines is 1. The van der Waals surface area contributed by atoms with Crippen LogP contribution in [0.4, 0.5) is 36.8 Å². The van der Waals surface area contributed by atoms with E-state index in [4.69, 9.17) is 0 Å². The Balaban J connectivity index is 1.70. The molecule has 2 aromatic rings. The molecule has 0 saturated heterocycles. The molecule has 2 aromatic carbocycles. The zero-order valence-corrected chi connectivity index (χ0v) is 22.5. The molecule has 1 saturated carbocycles. The van der Waals surface area contributed by atoms with Gasteiger partial charge in [0.1, 0.15) is 11.6 Å². The molecular formula is C28H29F6N3O4. The van der Waals surface area contributed by atoms with Gasteiger partial charge in [-0.15, -0.1) is 0 Å². The van der Waals surface area contributed by atoms with E-state index in [1.54, 1.807) is 39.0 Å². The number of hydrogen-bond acceptors (Lipinski definition) is 3. The predicted octanol–water partition coefficient (Wildman–Crippen LogP) is 6.00. The average Bonchev–Trinajstić information content (AvgIpc) is 3.64. The zero-order chi connectivity index (χ0) is 30.5. The van der Waals surface area contributed by atoms with E-state index in [9.17, 15) is 45.8 Å². The van der Waals surface area contributed by atoms with Gasteiger partial charge in [0.15, 0.2) is 0 Å². The summed E-state index contributed by atoms with van der Waals surface area (Å²) < 4.78 is 80.9. The van der Waals surface area contributed by atoms with Crippen molar-refractivity contribution in [1.29, 1.82) is 0 Å². The molecule has 1 fully saturated rings. The third-order valence-corrected chi connectivity index (χ3v) is 7.28. The molecule has 0 radical (unpaired) electrons. The third kappa shape index (κ3) is 6.13. The van der Waals surface area contributed by atoms with Crippen LogP contribution >= 0.6 is 0 Å². The van der Waals surface area contributed by atoms with Crippen LogP contribution in [0.1, 0.15) is 62.3 Å². The van der Waals surface area contributed by atoms with E-state index in [0.717, 1.165) is 9.80 Å². The quantitative estimate of drug-likeness (QED) is 0.422. The number of carbonyl (C=O) groups is 3. The van der Waals surface area contributed by atoms with Crippen LogP contribution in [0.5, 0.6) is 0 Å². The van der Waals surface area contributed by atoms with E-state index in [0.29, 0.717) is 23.4 Å².